The first-order chi connectivity index (χ1) is 9.63. The molecule has 2 unspecified atom stereocenters. The average molecular weight is 308 g/mol. The van der Waals surface area contributed by atoms with E-state index in [1.54, 1.807) is 20.8 Å². The summed E-state index contributed by atoms with van der Waals surface area (Å²) in [6.45, 7) is 4.04. The molecule has 5 nitrogen and oxygen atoms in total. The highest BCUT2D eigenvalue weighted by Gasteiger charge is 2.33. The van der Waals surface area contributed by atoms with Gasteiger partial charge >= 0.3 is 6.09 Å². The summed E-state index contributed by atoms with van der Waals surface area (Å²) < 4.78 is 31.2. The van der Waals surface area contributed by atoms with Gasteiger partial charge in [-0.2, -0.15) is 0 Å². The maximum Gasteiger partial charge on any atom is 0.407 e. The summed E-state index contributed by atoms with van der Waals surface area (Å²) in [6, 6.07) is -0.0719. The molecule has 1 fully saturated rings. The van der Waals surface area contributed by atoms with Crippen LogP contribution in [0.1, 0.15) is 40.0 Å². The Morgan fingerprint density at radius 3 is 2.57 bits per heavy atom. The quantitative estimate of drug-likeness (QED) is 0.701. The summed E-state index contributed by atoms with van der Waals surface area (Å²) in [4.78, 5) is 11.6. The van der Waals surface area contributed by atoms with Crippen LogP contribution in [0.4, 0.5) is 13.6 Å². The van der Waals surface area contributed by atoms with Gasteiger partial charge in [0.05, 0.1) is 6.54 Å². The highest BCUT2D eigenvalue weighted by Crippen LogP contribution is 2.26. The predicted molar refractivity (Wildman–Crippen MR) is 75.4 cm³/mol. The van der Waals surface area contributed by atoms with E-state index in [9.17, 15) is 13.6 Å². The summed E-state index contributed by atoms with van der Waals surface area (Å²) in [5.41, 5.74) is -0.555. The van der Waals surface area contributed by atoms with Gasteiger partial charge < -0.3 is 20.5 Å². The van der Waals surface area contributed by atoms with Crippen molar-refractivity contribution in [2.75, 3.05) is 19.7 Å². The van der Waals surface area contributed by atoms with Crippen molar-refractivity contribution in [1.29, 1.82) is 0 Å². The van der Waals surface area contributed by atoms with Crippen LogP contribution in [0.15, 0.2) is 0 Å². The standard InChI is InChI=1S/C14H26F2N2O3/c1-13(2,3)21-12(20)17-7-10-5-4-6-11(10)18-8-14(15,16)9-19/h10-11,18-19H,4-9H2,1-3H3,(H,17,20). The fraction of sp³-hybridized carbons (Fsp3) is 0.929. The number of ether oxygens (including phenoxy) is 1. The molecule has 3 N–H and O–H groups in total. The van der Waals surface area contributed by atoms with Gasteiger partial charge in [0.25, 0.3) is 5.92 Å². The average Bonchev–Trinajstić information content (AvgIpc) is 2.79. The van der Waals surface area contributed by atoms with E-state index in [0.29, 0.717) is 6.54 Å². The van der Waals surface area contributed by atoms with E-state index < -0.39 is 30.8 Å². The van der Waals surface area contributed by atoms with Gasteiger partial charge in [-0.3, -0.25) is 0 Å². The minimum absolute atomic E-state index is 0.0719. The topological polar surface area (TPSA) is 70.6 Å². The summed E-state index contributed by atoms with van der Waals surface area (Å²) >= 11 is 0. The lowest BCUT2D eigenvalue weighted by Crippen LogP contribution is -2.45. The third-order valence-electron chi connectivity index (χ3n) is 3.42. The number of carbonyl (C=O) groups is 1. The Kier molecular flexibility index (Phi) is 6.34. The molecule has 0 heterocycles. The zero-order valence-corrected chi connectivity index (χ0v) is 12.9. The van der Waals surface area contributed by atoms with Gasteiger partial charge in [0.1, 0.15) is 12.2 Å². The lowest BCUT2D eigenvalue weighted by Gasteiger charge is -2.25. The van der Waals surface area contributed by atoms with Crippen molar-refractivity contribution >= 4 is 6.09 Å². The van der Waals surface area contributed by atoms with Crippen molar-refractivity contribution in [1.82, 2.24) is 10.6 Å². The third-order valence-corrected chi connectivity index (χ3v) is 3.42. The van der Waals surface area contributed by atoms with Crippen LogP contribution in [0.3, 0.4) is 0 Å². The molecule has 1 aliphatic carbocycles. The molecular formula is C14H26F2N2O3. The van der Waals surface area contributed by atoms with Gasteiger partial charge in [-0.15, -0.1) is 0 Å². The van der Waals surface area contributed by atoms with Crippen LogP contribution in [0, 0.1) is 5.92 Å². The molecule has 0 aromatic rings. The Morgan fingerprint density at radius 2 is 2.00 bits per heavy atom. The zero-order valence-electron chi connectivity index (χ0n) is 12.9. The molecule has 0 aromatic carbocycles. The van der Waals surface area contributed by atoms with Crippen LogP contribution in [0.2, 0.25) is 0 Å². The van der Waals surface area contributed by atoms with Gasteiger partial charge in [0.15, 0.2) is 0 Å². The van der Waals surface area contributed by atoms with E-state index in [1.807, 2.05) is 0 Å². The van der Waals surface area contributed by atoms with E-state index in [2.05, 4.69) is 10.6 Å². The number of carbonyl (C=O) groups excluding carboxylic acids is 1. The molecule has 1 aliphatic rings. The lowest BCUT2D eigenvalue weighted by molar-refractivity contribution is -0.0500. The van der Waals surface area contributed by atoms with Gasteiger partial charge in [-0.1, -0.05) is 6.42 Å². The van der Waals surface area contributed by atoms with Crippen molar-refractivity contribution in [3.63, 3.8) is 0 Å². The maximum absolute atomic E-state index is 13.0. The minimum Gasteiger partial charge on any atom is -0.444 e. The Hall–Kier alpha value is -0.950. The molecule has 0 aromatic heterocycles. The Morgan fingerprint density at radius 1 is 1.33 bits per heavy atom. The number of rotatable bonds is 6. The number of halogens is 2. The van der Waals surface area contributed by atoms with Crippen molar-refractivity contribution < 1.29 is 23.4 Å². The first-order valence-corrected chi connectivity index (χ1v) is 7.32. The number of aliphatic hydroxyl groups is 1. The van der Waals surface area contributed by atoms with Crippen molar-refractivity contribution in [3.05, 3.63) is 0 Å². The van der Waals surface area contributed by atoms with Crippen molar-refractivity contribution in [2.45, 2.75) is 57.6 Å². The monoisotopic (exact) mass is 308 g/mol. The van der Waals surface area contributed by atoms with E-state index in [4.69, 9.17) is 9.84 Å². The van der Waals surface area contributed by atoms with Gasteiger partial charge in [-0.05, 0) is 39.5 Å². The molecule has 0 aliphatic heterocycles. The normalized spacial score (nSPS) is 23.1. The molecule has 7 heteroatoms. The fourth-order valence-electron chi connectivity index (χ4n) is 2.41. The molecule has 1 rings (SSSR count). The molecule has 0 radical (unpaired) electrons. The van der Waals surface area contributed by atoms with Crippen LogP contribution < -0.4 is 10.6 Å². The lowest BCUT2D eigenvalue weighted by atomic mass is 10.0. The second-order valence-electron chi connectivity index (χ2n) is 6.58. The first kappa shape index (κ1) is 18.1. The fourth-order valence-corrected chi connectivity index (χ4v) is 2.41. The van der Waals surface area contributed by atoms with Crippen LogP contribution >= 0.6 is 0 Å². The van der Waals surface area contributed by atoms with E-state index in [-0.39, 0.29) is 12.0 Å². The molecule has 0 saturated heterocycles. The summed E-state index contributed by atoms with van der Waals surface area (Å²) in [7, 11) is 0. The van der Waals surface area contributed by atoms with Crippen LogP contribution in [-0.4, -0.2) is 48.5 Å². The number of amides is 1. The number of alkyl carbamates (subject to hydrolysis) is 1. The second-order valence-corrected chi connectivity index (χ2v) is 6.58. The molecule has 0 spiro atoms. The van der Waals surface area contributed by atoms with Crippen molar-refractivity contribution in [3.8, 4) is 0 Å². The first-order valence-electron chi connectivity index (χ1n) is 7.32. The summed E-state index contributed by atoms with van der Waals surface area (Å²) in [5.74, 6) is -3.00. The number of hydrogen-bond donors (Lipinski definition) is 3. The molecule has 124 valence electrons. The number of hydrogen-bond acceptors (Lipinski definition) is 4. The van der Waals surface area contributed by atoms with Gasteiger partial charge in [0.2, 0.25) is 0 Å². The largest absolute Gasteiger partial charge is 0.444 e. The molecule has 1 amide bonds. The third kappa shape index (κ3) is 7.04. The molecular weight excluding hydrogens is 282 g/mol. The molecule has 1 saturated carbocycles. The van der Waals surface area contributed by atoms with E-state index in [1.165, 1.54) is 0 Å². The van der Waals surface area contributed by atoms with Crippen LogP contribution in [0.5, 0.6) is 0 Å². The van der Waals surface area contributed by atoms with E-state index >= 15 is 0 Å². The number of nitrogens with one attached hydrogen (secondary N) is 2. The van der Waals surface area contributed by atoms with Gasteiger partial charge in [-0.25, -0.2) is 13.6 Å². The summed E-state index contributed by atoms with van der Waals surface area (Å²) in [5, 5.41) is 14.0. The maximum atomic E-state index is 13.0. The highest BCUT2D eigenvalue weighted by molar-refractivity contribution is 5.67. The van der Waals surface area contributed by atoms with Crippen molar-refractivity contribution in [2.24, 2.45) is 5.92 Å². The van der Waals surface area contributed by atoms with E-state index in [0.717, 1.165) is 19.3 Å². The Bertz CT molecular complexity index is 346. The second kappa shape index (κ2) is 7.35. The molecule has 21 heavy (non-hydrogen) atoms. The zero-order chi connectivity index (χ0) is 16.1. The Balaban J connectivity index is 2.35. The highest BCUT2D eigenvalue weighted by atomic mass is 19.3. The number of aliphatic hydroxyl groups excluding tert-OH is 1. The van der Waals surface area contributed by atoms with Crippen LogP contribution in [0.25, 0.3) is 0 Å². The summed E-state index contributed by atoms with van der Waals surface area (Å²) in [6.07, 6.45) is 2.11. The Labute approximate surface area is 124 Å². The number of alkyl halides is 2. The predicted octanol–water partition coefficient (Wildman–Crippen LogP) is 1.90. The molecule has 0 bridgehead atoms. The van der Waals surface area contributed by atoms with Crippen LogP contribution in [-0.2, 0) is 4.74 Å². The van der Waals surface area contributed by atoms with Gasteiger partial charge in [0, 0.05) is 12.6 Å². The SMILES string of the molecule is CC(C)(C)OC(=O)NCC1CCCC1NCC(F)(F)CO. The molecule has 2 atom stereocenters. The minimum atomic E-state index is -3.11. The smallest absolute Gasteiger partial charge is 0.407 e.